The van der Waals surface area contributed by atoms with Crippen molar-refractivity contribution in [2.45, 2.75) is 18.9 Å². The van der Waals surface area contributed by atoms with Gasteiger partial charge in [-0.1, -0.05) is 35.5 Å². The van der Waals surface area contributed by atoms with E-state index in [1.165, 1.54) is 0 Å². The quantitative estimate of drug-likeness (QED) is 0.445. The average Bonchev–Trinajstić information content (AvgIpc) is 3.17. The highest BCUT2D eigenvalue weighted by atomic mass is 32.3. The van der Waals surface area contributed by atoms with Crippen LogP contribution < -0.4 is 16.2 Å². The first kappa shape index (κ1) is 20.4. The Bertz CT molecular complexity index is 949. The maximum Gasteiger partial charge on any atom is 0.290 e. The molecule has 11 heteroatoms. The van der Waals surface area contributed by atoms with E-state index in [0.717, 1.165) is 5.56 Å². The summed E-state index contributed by atoms with van der Waals surface area (Å²) in [6.07, 6.45) is 0.883. The maximum atomic E-state index is 12.3. The van der Waals surface area contributed by atoms with Gasteiger partial charge in [-0.15, -0.1) is 0 Å². The molecule has 1 aliphatic carbocycles. The van der Waals surface area contributed by atoms with Crippen LogP contribution in [0, 0.1) is 11.8 Å². The van der Waals surface area contributed by atoms with Gasteiger partial charge >= 0.3 is 0 Å². The molecule has 3 amide bonds. The van der Waals surface area contributed by atoms with Gasteiger partial charge in [-0.05, 0) is 12.8 Å². The van der Waals surface area contributed by atoms with Crippen LogP contribution >= 0.6 is 10.6 Å². The lowest BCUT2D eigenvalue weighted by molar-refractivity contribution is -0.134. The zero-order chi connectivity index (χ0) is 21.3. The van der Waals surface area contributed by atoms with Gasteiger partial charge in [-0.2, -0.15) is 10.6 Å². The fourth-order valence-corrected chi connectivity index (χ4v) is 4.90. The number of hydrogen-bond acceptors (Lipinski definition) is 7. The molecule has 1 saturated carbocycles. The molecule has 0 atom stereocenters. The largest absolute Gasteiger partial charge is 0.350 e. The molecule has 10 nitrogen and oxygen atoms in total. The standard InChI is InChI=1S/C19H22N4O6S/c24-17(21-22-18(25)13-9-30(27,28)10-13)12-6-14(7-12)20-19(26)16-8-15(23-29-16)11-4-2-1-3-5-11/h1-5,8,12-14,27-28H,6-7,9-10H2,(H,20,26)(H,21,24)(H,22,25)/t12-,14-. The molecule has 30 heavy (non-hydrogen) atoms. The number of rotatable bonds is 5. The first-order chi connectivity index (χ1) is 14.3. The Morgan fingerprint density at radius 2 is 1.63 bits per heavy atom. The van der Waals surface area contributed by atoms with Gasteiger partial charge in [0.1, 0.15) is 5.69 Å². The van der Waals surface area contributed by atoms with E-state index in [-0.39, 0.29) is 35.1 Å². The van der Waals surface area contributed by atoms with E-state index in [0.29, 0.717) is 18.5 Å². The van der Waals surface area contributed by atoms with Gasteiger partial charge < -0.3 is 9.84 Å². The van der Waals surface area contributed by atoms with Crippen molar-refractivity contribution >= 4 is 28.3 Å². The average molecular weight is 434 g/mol. The van der Waals surface area contributed by atoms with Crippen molar-refractivity contribution in [3.8, 4) is 11.3 Å². The van der Waals surface area contributed by atoms with Gasteiger partial charge in [-0.25, -0.2) is 0 Å². The second kappa shape index (κ2) is 8.09. The van der Waals surface area contributed by atoms with Crippen LogP contribution in [0.4, 0.5) is 0 Å². The van der Waals surface area contributed by atoms with Crippen molar-refractivity contribution in [3.63, 3.8) is 0 Å². The minimum atomic E-state index is -2.61. The molecular formula is C19H22N4O6S. The molecule has 1 aromatic heterocycles. The van der Waals surface area contributed by atoms with E-state index >= 15 is 0 Å². The normalized spacial score (nSPS) is 23.4. The number of nitrogens with one attached hydrogen (secondary N) is 3. The number of nitrogens with zero attached hydrogens (tertiary/aromatic N) is 1. The fraction of sp³-hybridized carbons (Fsp3) is 0.368. The summed E-state index contributed by atoms with van der Waals surface area (Å²) in [7, 11) is -2.61. The Morgan fingerprint density at radius 3 is 2.27 bits per heavy atom. The zero-order valence-electron chi connectivity index (χ0n) is 15.9. The van der Waals surface area contributed by atoms with E-state index in [9.17, 15) is 23.5 Å². The summed E-state index contributed by atoms with van der Waals surface area (Å²) in [5.41, 5.74) is 6.07. The van der Waals surface area contributed by atoms with Crippen LogP contribution in [0.25, 0.3) is 11.3 Å². The van der Waals surface area contributed by atoms with E-state index in [1.54, 1.807) is 6.07 Å². The summed E-state index contributed by atoms with van der Waals surface area (Å²) in [6, 6.07) is 10.7. The highest BCUT2D eigenvalue weighted by Crippen LogP contribution is 2.51. The number of carbonyl (C=O) groups is 3. The van der Waals surface area contributed by atoms with Gasteiger partial charge in [0.05, 0.1) is 17.4 Å². The van der Waals surface area contributed by atoms with E-state index in [2.05, 4.69) is 21.3 Å². The maximum absolute atomic E-state index is 12.3. The third-order valence-electron chi connectivity index (χ3n) is 5.26. The van der Waals surface area contributed by atoms with Crippen LogP contribution in [0.3, 0.4) is 0 Å². The lowest BCUT2D eigenvalue weighted by Gasteiger charge is -2.46. The van der Waals surface area contributed by atoms with Gasteiger partial charge in [0.15, 0.2) is 0 Å². The van der Waals surface area contributed by atoms with Crippen LogP contribution in [0.2, 0.25) is 0 Å². The molecule has 1 saturated heterocycles. The number of benzene rings is 1. The van der Waals surface area contributed by atoms with Gasteiger partial charge in [-0.3, -0.25) is 34.3 Å². The highest BCUT2D eigenvalue weighted by molar-refractivity contribution is 8.25. The highest BCUT2D eigenvalue weighted by Gasteiger charge is 2.40. The molecule has 160 valence electrons. The number of amides is 3. The Hall–Kier alpha value is -2.89. The Balaban J connectivity index is 1.19. The Morgan fingerprint density at radius 1 is 1.00 bits per heavy atom. The third-order valence-corrected chi connectivity index (χ3v) is 7.14. The number of hydrogen-bond donors (Lipinski definition) is 5. The summed E-state index contributed by atoms with van der Waals surface area (Å²) in [5.74, 6) is -1.84. The number of carbonyl (C=O) groups excluding carboxylic acids is 3. The van der Waals surface area contributed by atoms with Crippen molar-refractivity contribution < 1.29 is 28.0 Å². The molecule has 0 radical (unpaired) electrons. The van der Waals surface area contributed by atoms with Gasteiger partial charge in [0.2, 0.25) is 17.6 Å². The van der Waals surface area contributed by atoms with Crippen molar-refractivity contribution in [2.24, 2.45) is 11.8 Å². The van der Waals surface area contributed by atoms with Crippen LogP contribution in [0.1, 0.15) is 23.4 Å². The van der Waals surface area contributed by atoms with E-state index in [4.69, 9.17) is 4.52 Å². The zero-order valence-corrected chi connectivity index (χ0v) is 16.7. The second-order valence-corrected chi connectivity index (χ2v) is 9.86. The summed E-state index contributed by atoms with van der Waals surface area (Å²) in [4.78, 5) is 36.2. The molecule has 4 rings (SSSR count). The lowest BCUT2D eigenvalue weighted by Crippen LogP contribution is -2.55. The smallest absolute Gasteiger partial charge is 0.290 e. The molecule has 0 bridgehead atoms. The molecule has 1 aliphatic heterocycles. The summed E-state index contributed by atoms with van der Waals surface area (Å²) >= 11 is 0. The van der Waals surface area contributed by atoms with Crippen molar-refractivity contribution in [1.82, 2.24) is 21.3 Å². The van der Waals surface area contributed by atoms with Crippen LogP contribution in [0.5, 0.6) is 0 Å². The van der Waals surface area contributed by atoms with Gasteiger partial charge in [0.25, 0.3) is 5.91 Å². The third kappa shape index (κ3) is 4.48. The minimum Gasteiger partial charge on any atom is -0.350 e. The predicted octanol–water partition coefficient (Wildman–Crippen LogP) is 1.38. The van der Waals surface area contributed by atoms with Gasteiger partial charge in [0, 0.05) is 23.6 Å². The number of hydrazine groups is 1. The summed E-state index contributed by atoms with van der Waals surface area (Å²) in [5, 5.41) is 6.71. The molecule has 1 aromatic carbocycles. The summed E-state index contributed by atoms with van der Waals surface area (Å²) < 4.78 is 23.7. The molecule has 0 spiro atoms. The Labute approximate surface area is 173 Å². The minimum absolute atomic E-state index is 0.0276. The Kier molecular flexibility index (Phi) is 5.50. The molecule has 2 aromatic rings. The number of aromatic nitrogens is 1. The van der Waals surface area contributed by atoms with Crippen LogP contribution in [-0.2, 0) is 9.59 Å². The monoisotopic (exact) mass is 434 g/mol. The van der Waals surface area contributed by atoms with Crippen molar-refractivity contribution in [3.05, 3.63) is 42.2 Å². The molecule has 5 N–H and O–H groups in total. The molecule has 2 fully saturated rings. The van der Waals surface area contributed by atoms with Crippen LogP contribution in [0.15, 0.2) is 40.9 Å². The molecule has 2 aliphatic rings. The first-order valence-electron chi connectivity index (χ1n) is 9.47. The predicted molar refractivity (Wildman–Crippen MR) is 108 cm³/mol. The van der Waals surface area contributed by atoms with Crippen molar-refractivity contribution in [1.29, 1.82) is 0 Å². The first-order valence-corrected chi connectivity index (χ1v) is 11.4. The molecule has 2 heterocycles. The molecular weight excluding hydrogens is 412 g/mol. The fourth-order valence-electron chi connectivity index (χ4n) is 3.41. The van der Waals surface area contributed by atoms with E-state index in [1.807, 2.05) is 30.3 Å². The summed E-state index contributed by atoms with van der Waals surface area (Å²) in [6.45, 7) is 0. The van der Waals surface area contributed by atoms with Crippen molar-refractivity contribution in [2.75, 3.05) is 11.5 Å². The molecule has 0 unspecified atom stereocenters. The van der Waals surface area contributed by atoms with Crippen LogP contribution in [-0.4, -0.2) is 49.5 Å². The second-order valence-electron chi connectivity index (χ2n) is 7.59. The lowest BCUT2D eigenvalue weighted by atomic mass is 9.79. The topological polar surface area (TPSA) is 154 Å². The van der Waals surface area contributed by atoms with E-state index < -0.39 is 28.3 Å². The SMILES string of the molecule is O=C(N[C@H]1C[C@H](C(=O)NNC(=O)C2CS(O)(O)C2)C1)c1cc(-c2ccccc2)no1.